The van der Waals surface area contributed by atoms with Crippen LogP contribution in [0.4, 0.5) is 8.78 Å². The second-order valence-electron chi connectivity index (χ2n) is 7.65. The fourth-order valence-corrected chi connectivity index (χ4v) is 2.67. The fourth-order valence-electron chi connectivity index (χ4n) is 1.84. The number of pyridine rings is 1. The highest BCUT2D eigenvalue weighted by molar-refractivity contribution is 7.84. The summed E-state index contributed by atoms with van der Waals surface area (Å²) in [6.07, 6.45) is 1.22. The molecule has 148 valence electrons. The number of hydrogen-bond acceptors (Lipinski definition) is 5. The topological polar surface area (TPSA) is 77.5 Å². The van der Waals surface area contributed by atoms with Crippen LogP contribution in [0.5, 0.6) is 5.88 Å². The van der Waals surface area contributed by atoms with Gasteiger partial charge in [0.05, 0.1) is 28.2 Å². The predicted molar refractivity (Wildman–Crippen MR) is 95.1 cm³/mol. The van der Waals surface area contributed by atoms with E-state index in [9.17, 15) is 17.8 Å². The van der Waals surface area contributed by atoms with Crippen LogP contribution in [0.25, 0.3) is 0 Å². The van der Waals surface area contributed by atoms with Gasteiger partial charge in [0.15, 0.2) is 0 Å². The second-order valence-corrected chi connectivity index (χ2v) is 9.65. The summed E-state index contributed by atoms with van der Waals surface area (Å²) in [4.78, 5) is 16.0. The van der Waals surface area contributed by atoms with Gasteiger partial charge in [-0.15, -0.1) is 0 Å². The normalized spacial score (nSPS) is 14.8. The third kappa shape index (κ3) is 8.18. The Morgan fingerprint density at radius 1 is 1.23 bits per heavy atom. The van der Waals surface area contributed by atoms with Crippen LogP contribution < -0.4 is 9.46 Å². The monoisotopic (exact) mass is 392 g/mol. The SMILES string of the molecule is CC(C)(C)OC(=O)C[C@H](N[S@@](=O)C(C)(C)C)c1ccc(OC(F)F)nc1. The Morgan fingerprint density at radius 3 is 2.27 bits per heavy atom. The van der Waals surface area contributed by atoms with Crippen molar-refractivity contribution in [1.82, 2.24) is 9.71 Å². The van der Waals surface area contributed by atoms with Crippen LogP contribution >= 0.6 is 0 Å². The number of halogens is 2. The number of ether oxygens (including phenoxy) is 2. The highest BCUT2D eigenvalue weighted by Crippen LogP contribution is 2.23. The van der Waals surface area contributed by atoms with Crippen molar-refractivity contribution in [3.8, 4) is 5.88 Å². The molecule has 1 heterocycles. The molecular weight excluding hydrogens is 366 g/mol. The molecular formula is C17H26F2N2O4S. The lowest BCUT2D eigenvalue weighted by atomic mass is 10.1. The molecule has 9 heteroatoms. The van der Waals surface area contributed by atoms with Crippen molar-refractivity contribution in [3.63, 3.8) is 0 Å². The van der Waals surface area contributed by atoms with Gasteiger partial charge in [-0.05, 0) is 47.1 Å². The van der Waals surface area contributed by atoms with E-state index in [0.717, 1.165) is 0 Å². The zero-order valence-corrected chi connectivity index (χ0v) is 16.7. The van der Waals surface area contributed by atoms with Crippen LogP contribution in [0.15, 0.2) is 18.3 Å². The van der Waals surface area contributed by atoms with E-state index in [2.05, 4.69) is 14.4 Å². The minimum atomic E-state index is -2.97. The third-order valence-corrected chi connectivity index (χ3v) is 4.58. The number of carbonyl (C=O) groups is 1. The smallest absolute Gasteiger partial charge is 0.388 e. The number of carbonyl (C=O) groups excluding carboxylic acids is 1. The molecule has 0 aromatic carbocycles. The fraction of sp³-hybridized carbons (Fsp3) is 0.647. The van der Waals surface area contributed by atoms with Crippen LogP contribution in [0.2, 0.25) is 0 Å². The minimum Gasteiger partial charge on any atom is -0.460 e. The van der Waals surface area contributed by atoms with Crippen molar-refractivity contribution in [2.24, 2.45) is 0 Å². The molecule has 0 fully saturated rings. The number of aromatic nitrogens is 1. The largest absolute Gasteiger partial charge is 0.460 e. The Bertz CT molecular complexity index is 625. The third-order valence-electron chi connectivity index (χ3n) is 2.97. The van der Waals surface area contributed by atoms with Crippen LogP contribution in [0.3, 0.4) is 0 Å². The van der Waals surface area contributed by atoms with E-state index in [4.69, 9.17) is 4.74 Å². The quantitative estimate of drug-likeness (QED) is 0.719. The standard InChI is InChI=1S/C17H26F2N2O4S/c1-16(2,3)25-14(22)9-12(21-26(23)17(4,5)6)11-7-8-13(20-10-11)24-15(18)19/h7-8,10,12,15,21H,9H2,1-6H3/t12-,26-/m0/s1. The van der Waals surface area contributed by atoms with Crippen molar-refractivity contribution in [1.29, 1.82) is 0 Å². The maximum absolute atomic E-state index is 12.4. The van der Waals surface area contributed by atoms with E-state index < -0.39 is 40.0 Å². The van der Waals surface area contributed by atoms with Crippen LogP contribution in [0, 0.1) is 0 Å². The van der Waals surface area contributed by atoms with E-state index in [0.29, 0.717) is 5.56 Å². The van der Waals surface area contributed by atoms with Crippen LogP contribution in [-0.4, -0.2) is 32.1 Å². The molecule has 0 aliphatic carbocycles. The maximum atomic E-state index is 12.4. The lowest BCUT2D eigenvalue weighted by molar-refractivity contribution is -0.155. The summed E-state index contributed by atoms with van der Waals surface area (Å²) < 4.78 is 48.8. The zero-order valence-electron chi connectivity index (χ0n) is 15.8. The summed E-state index contributed by atoms with van der Waals surface area (Å²) in [7, 11) is -1.46. The number of nitrogens with zero attached hydrogens (tertiary/aromatic N) is 1. The average molecular weight is 392 g/mol. The summed E-state index contributed by atoms with van der Waals surface area (Å²) in [5.74, 6) is -0.717. The molecule has 6 nitrogen and oxygen atoms in total. The predicted octanol–water partition coefficient (Wildman–Crippen LogP) is 3.51. The highest BCUT2D eigenvalue weighted by atomic mass is 32.2. The Balaban J connectivity index is 2.99. The van der Waals surface area contributed by atoms with Gasteiger partial charge in [-0.3, -0.25) is 4.79 Å². The molecule has 1 rings (SSSR count). The van der Waals surface area contributed by atoms with Gasteiger partial charge in [0, 0.05) is 12.3 Å². The van der Waals surface area contributed by atoms with Crippen LogP contribution in [0.1, 0.15) is 59.6 Å². The molecule has 0 spiro atoms. The number of hydrogen-bond donors (Lipinski definition) is 1. The lowest BCUT2D eigenvalue weighted by Gasteiger charge is -2.26. The molecule has 0 unspecified atom stereocenters. The van der Waals surface area contributed by atoms with Gasteiger partial charge in [0.25, 0.3) is 0 Å². The van der Waals surface area contributed by atoms with Crippen molar-refractivity contribution < 1.29 is 27.3 Å². The Labute approximate surface area is 155 Å². The summed E-state index contributed by atoms with van der Waals surface area (Å²) in [6, 6.07) is 2.11. The molecule has 0 bridgehead atoms. The molecule has 0 amide bonds. The van der Waals surface area contributed by atoms with Crippen LogP contribution in [-0.2, 0) is 20.5 Å². The van der Waals surface area contributed by atoms with E-state index in [-0.39, 0.29) is 12.3 Å². The van der Waals surface area contributed by atoms with Crippen molar-refractivity contribution in [2.75, 3.05) is 0 Å². The number of nitrogens with one attached hydrogen (secondary N) is 1. The Morgan fingerprint density at radius 2 is 1.85 bits per heavy atom. The maximum Gasteiger partial charge on any atom is 0.388 e. The molecule has 26 heavy (non-hydrogen) atoms. The Hall–Kier alpha value is -1.61. The van der Waals surface area contributed by atoms with Crippen molar-refractivity contribution in [2.45, 2.75) is 71.0 Å². The first-order valence-corrected chi connectivity index (χ1v) is 9.23. The zero-order chi connectivity index (χ0) is 20.1. The van der Waals surface area contributed by atoms with Gasteiger partial charge in [0.1, 0.15) is 5.60 Å². The number of esters is 1. The van der Waals surface area contributed by atoms with E-state index in [1.807, 2.05) is 0 Å². The molecule has 1 aromatic heterocycles. The van der Waals surface area contributed by atoms with E-state index in [1.165, 1.54) is 18.3 Å². The molecule has 0 saturated carbocycles. The lowest BCUT2D eigenvalue weighted by Crippen LogP contribution is -2.37. The Kier molecular flexibility index (Phi) is 7.64. The van der Waals surface area contributed by atoms with E-state index >= 15 is 0 Å². The van der Waals surface area contributed by atoms with Gasteiger partial charge in [-0.25, -0.2) is 13.9 Å². The summed E-state index contributed by atoms with van der Waals surface area (Å²) in [5.41, 5.74) is -0.145. The molecule has 0 radical (unpaired) electrons. The summed E-state index contributed by atoms with van der Waals surface area (Å²) in [5, 5.41) is 0. The van der Waals surface area contributed by atoms with Gasteiger partial charge in [-0.1, -0.05) is 6.07 Å². The van der Waals surface area contributed by atoms with Crippen molar-refractivity contribution >= 4 is 17.0 Å². The van der Waals surface area contributed by atoms with E-state index in [1.54, 1.807) is 41.5 Å². The molecule has 0 aliphatic heterocycles. The molecule has 0 saturated heterocycles. The summed E-state index contributed by atoms with van der Waals surface area (Å²) in [6.45, 7) is 7.64. The summed E-state index contributed by atoms with van der Waals surface area (Å²) >= 11 is 0. The first-order chi connectivity index (χ1) is 11.8. The van der Waals surface area contributed by atoms with Gasteiger partial charge < -0.3 is 9.47 Å². The first kappa shape index (κ1) is 22.4. The number of rotatable bonds is 7. The first-order valence-electron chi connectivity index (χ1n) is 8.08. The molecule has 2 atom stereocenters. The van der Waals surface area contributed by atoms with Crippen molar-refractivity contribution in [3.05, 3.63) is 23.9 Å². The van der Waals surface area contributed by atoms with Gasteiger partial charge in [-0.2, -0.15) is 8.78 Å². The molecule has 0 aliphatic rings. The minimum absolute atomic E-state index is 0.0875. The molecule has 1 N–H and O–H groups in total. The number of alkyl halides is 2. The molecule has 1 aromatic rings. The van der Waals surface area contributed by atoms with Gasteiger partial charge >= 0.3 is 12.6 Å². The second kappa shape index (κ2) is 8.85. The van der Waals surface area contributed by atoms with Gasteiger partial charge in [0.2, 0.25) is 5.88 Å². The highest BCUT2D eigenvalue weighted by Gasteiger charge is 2.27. The average Bonchev–Trinajstić information content (AvgIpc) is 2.43.